The van der Waals surface area contributed by atoms with Crippen LogP contribution in [-0.4, -0.2) is 0 Å². The molecule has 8 aromatic carbocycles. The van der Waals surface area contributed by atoms with E-state index in [1.54, 1.807) is 0 Å². The van der Waals surface area contributed by atoms with Crippen molar-refractivity contribution in [3.63, 3.8) is 0 Å². The van der Waals surface area contributed by atoms with Gasteiger partial charge in [0.25, 0.3) is 0 Å². The zero-order valence-corrected chi connectivity index (χ0v) is 29.2. The van der Waals surface area contributed by atoms with E-state index in [0.29, 0.717) is 0 Å². The molecule has 0 radical (unpaired) electrons. The van der Waals surface area contributed by atoms with Crippen LogP contribution in [-0.2, 0) is 0 Å². The zero-order valence-electron chi connectivity index (χ0n) is 28.4. The van der Waals surface area contributed by atoms with E-state index in [9.17, 15) is 0 Å². The van der Waals surface area contributed by atoms with Gasteiger partial charge in [0.1, 0.15) is 0 Å². The molecule has 0 atom stereocenters. The minimum absolute atomic E-state index is 0.899. The summed E-state index contributed by atoms with van der Waals surface area (Å²) in [6, 6.07) is 60.4. The van der Waals surface area contributed by atoms with Gasteiger partial charge >= 0.3 is 0 Å². The van der Waals surface area contributed by atoms with Crippen molar-refractivity contribution >= 4 is 80.5 Å². The monoisotopic (exact) mass is 666 g/mol. The molecular formula is C50H34S. The van der Waals surface area contributed by atoms with E-state index in [2.05, 4.69) is 183 Å². The van der Waals surface area contributed by atoms with Crippen molar-refractivity contribution in [1.29, 1.82) is 0 Å². The molecule has 0 saturated carbocycles. The van der Waals surface area contributed by atoms with Gasteiger partial charge in [-0.15, -0.1) is 11.3 Å². The van der Waals surface area contributed by atoms with Crippen molar-refractivity contribution < 1.29 is 0 Å². The van der Waals surface area contributed by atoms with Crippen molar-refractivity contribution in [2.45, 2.75) is 13.3 Å². The lowest BCUT2D eigenvalue weighted by Crippen LogP contribution is -1.91. The Morgan fingerprint density at radius 3 is 1.78 bits per heavy atom. The van der Waals surface area contributed by atoms with Crippen molar-refractivity contribution in [3.8, 4) is 11.1 Å². The highest BCUT2D eigenvalue weighted by Crippen LogP contribution is 2.44. The van der Waals surface area contributed by atoms with Gasteiger partial charge in [0, 0.05) is 20.2 Å². The Bertz CT molecular complexity index is 2920. The van der Waals surface area contributed by atoms with E-state index in [1.165, 1.54) is 103 Å². The quantitative estimate of drug-likeness (QED) is 0.164. The third-order valence-corrected chi connectivity index (χ3v) is 11.8. The predicted octanol–water partition coefficient (Wildman–Crippen LogP) is 14.5. The fraction of sp³-hybridized carbons (Fsp3) is 0.0400. The SMILES string of the molecule is CC1=C(c2ccccc2)C=C(c2cccc3c4ccccc4c4cc(-c5ccc6c(c5)sc5ccccc56)ccc4c23)C=C(c2ccccc2)C1. The number of hydrogen-bond donors (Lipinski definition) is 0. The smallest absolute Gasteiger partial charge is 0.0361 e. The molecule has 1 heterocycles. The summed E-state index contributed by atoms with van der Waals surface area (Å²) in [5.74, 6) is 0. The Labute approximate surface area is 301 Å². The molecule has 1 aromatic heterocycles. The van der Waals surface area contributed by atoms with Crippen molar-refractivity contribution in [2.24, 2.45) is 0 Å². The summed E-state index contributed by atoms with van der Waals surface area (Å²) in [6.45, 7) is 2.29. The lowest BCUT2D eigenvalue weighted by atomic mass is 9.87. The highest BCUT2D eigenvalue weighted by Gasteiger charge is 2.19. The number of allylic oxidation sites excluding steroid dienone is 6. The van der Waals surface area contributed by atoms with Gasteiger partial charge in [0.15, 0.2) is 0 Å². The van der Waals surface area contributed by atoms with Crippen LogP contribution < -0.4 is 0 Å². The maximum atomic E-state index is 2.44. The molecule has 0 unspecified atom stereocenters. The first-order chi connectivity index (χ1) is 25.2. The van der Waals surface area contributed by atoms with Crippen molar-refractivity contribution in [1.82, 2.24) is 0 Å². The Morgan fingerprint density at radius 2 is 1.00 bits per heavy atom. The normalized spacial score (nSPS) is 13.7. The van der Waals surface area contributed by atoms with Crippen LogP contribution in [0, 0.1) is 0 Å². The van der Waals surface area contributed by atoms with Crippen molar-refractivity contribution in [2.75, 3.05) is 0 Å². The van der Waals surface area contributed by atoms with Gasteiger partial charge in [-0.1, -0.05) is 157 Å². The van der Waals surface area contributed by atoms with E-state index < -0.39 is 0 Å². The molecule has 0 nitrogen and oxygen atoms in total. The molecule has 0 saturated heterocycles. The summed E-state index contributed by atoms with van der Waals surface area (Å²) in [6.07, 6.45) is 5.78. The molecule has 0 fully saturated rings. The Kier molecular flexibility index (Phi) is 7.08. The average molecular weight is 667 g/mol. The molecule has 51 heavy (non-hydrogen) atoms. The van der Waals surface area contributed by atoms with Crippen LogP contribution in [0.25, 0.3) is 80.3 Å². The first-order valence-electron chi connectivity index (χ1n) is 17.7. The molecule has 9 aromatic rings. The average Bonchev–Trinajstić information content (AvgIpc) is 3.47. The standard InChI is InChI=1S/C50H34S/c1-32-27-37(33-13-4-2-5-14-33)28-38(30-46(32)34-15-6-3-7-16-34)39-20-12-21-44-40-17-8-9-18-41(40)47-29-35(24-26-45(47)50(39)44)36-23-25-43-42-19-10-11-22-48(42)51-49(43)31-36/h2-26,28-31H,27H2,1H3. The van der Waals surface area contributed by atoms with Gasteiger partial charge in [0.05, 0.1) is 0 Å². The van der Waals surface area contributed by atoms with Crippen LogP contribution >= 0.6 is 11.3 Å². The van der Waals surface area contributed by atoms with Crippen LogP contribution in [0.4, 0.5) is 0 Å². The van der Waals surface area contributed by atoms with E-state index in [-0.39, 0.29) is 0 Å². The molecule has 1 aliphatic carbocycles. The number of thiophene rings is 1. The number of fused-ring (bicyclic) bond motifs is 9. The fourth-order valence-electron chi connectivity index (χ4n) is 8.21. The van der Waals surface area contributed by atoms with E-state index in [4.69, 9.17) is 0 Å². The van der Waals surface area contributed by atoms with Gasteiger partial charge in [0.2, 0.25) is 0 Å². The summed E-state index contributed by atoms with van der Waals surface area (Å²) in [5.41, 5.74) is 11.5. The van der Waals surface area contributed by atoms with Gasteiger partial charge in [-0.05, 0) is 114 Å². The van der Waals surface area contributed by atoms with E-state index in [0.717, 1.165) is 6.42 Å². The third kappa shape index (κ3) is 5.04. The lowest BCUT2D eigenvalue weighted by molar-refractivity contribution is 1.23. The molecule has 1 aliphatic rings. The third-order valence-electron chi connectivity index (χ3n) is 10.7. The molecular weight excluding hydrogens is 633 g/mol. The highest BCUT2D eigenvalue weighted by molar-refractivity contribution is 7.25. The summed E-state index contributed by atoms with van der Waals surface area (Å²) in [4.78, 5) is 0. The number of rotatable bonds is 4. The van der Waals surface area contributed by atoms with Gasteiger partial charge in [-0.3, -0.25) is 0 Å². The van der Waals surface area contributed by atoms with Crippen molar-refractivity contribution in [3.05, 3.63) is 198 Å². The van der Waals surface area contributed by atoms with Gasteiger partial charge in [-0.2, -0.15) is 0 Å². The molecule has 240 valence electrons. The highest BCUT2D eigenvalue weighted by atomic mass is 32.1. The zero-order chi connectivity index (χ0) is 33.9. The van der Waals surface area contributed by atoms with Crippen LogP contribution in [0.5, 0.6) is 0 Å². The minimum atomic E-state index is 0.899. The Hall–Kier alpha value is -6.02. The molecule has 0 aliphatic heterocycles. The molecule has 0 N–H and O–H groups in total. The Balaban J connectivity index is 1.23. The Morgan fingerprint density at radius 1 is 0.412 bits per heavy atom. The fourth-order valence-corrected chi connectivity index (χ4v) is 9.36. The topological polar surface area (TPSA) is 0 Å². The number of hydrogen-bond acceptors (Lipinski definition) is 1. The molecule has 1 heteroatoms. The second kappa shape index (κ2) is 12.1. The maximum Gasteiger partial charge on any atom is 0.0361 e. The summed E-state index contributed by atoms with van der Waals surface area (Å²) in [5, 5.41) is 10.4. The summed E-state index contributed by atoms with van der Waals surface area (Å²) >= 11 is 1.88. The largest absolute Gasteiger partial charge is 0.135 e. The molecule has 0 bridgehead atoms. The summed E-state index contributed by atoms with van der Waals surface area (Å²) < 4.78 is 2.67. The van der Waals surface area contributed by atoms with Gasteiger partial charge in [-0.25, -0.2) is 0 Å². The van der Waals surface area contributed by atoms with Crippen LogP contribution in [0.2, 0.25) is 0 Å². The van der Waals surface area contributed by atoms with E-state index >= 15 is 0 Å². The second-order valence-corrected chi connectivity index (χ2v) is 14.8. The van der Waals surface area contributed by atoms with Crippen LogP contribution in [0.1, 0.15) is 30.0 Å². The first kappa shape index (κ1) is 29.9. The first-order valence-corrected chi connectivity index (χ1v) is 18.5. The minimum Gasteiger partial charge on any atom is -0.135 e. The molecule has 10 rings (SSSR count). The second-order valence-electron chi connectivity index (χ2n) is 13.7. The lowest BCUT2D eigenvalue weighted by Gasteiger charge is -2.16. The summed E-state index contributed by atoms with van der Waals surface area (Å²) in [7, 11) is 0. The van der Waals surface area contributed by atoms with Crippen LogP contribution in [0.15, 0.2) is 182 Å². The van der Waals surface area contributed by atoms with Gasteiger partial charge < -0.3 is 0 Å². The molecule has 0 amide bonds. The maximum absolute atomic E-state index is 2.44. The predicted molar refractivity (Wildman–Crippen MR) is 223 cm³/mol. The van der Waals surface area contributed by atoms with Crippen LogP contribution in [0.3, 0.4) is 0 Å². The molecule has 0 spiro atoms. The number of benzene rings is 8. The van der Waals surface area contributed by atoms with E-state index in [1.807, 2.05) is 11.3 Å².